The first-order chi connectivity index (χ1) is 6.03. The largest absolute Gasteiger partial charge is 0.396 e. The number of piperidine rings is 1. The maximum absolute atomic E-state index is 12.7. The molecule has 0 spiro atoms. The molecule has 0 aliphatic carbocycles. The third kappa shape index (κ3) is 3.56. The first-order valence-electron chi connectivity index (χ1n) is 4.72. The quantitative estimate of drug-likeness (QED) is 0.707. The van der Waals surface area contributed by atoms with Crippen molar-refractivity contribution in [1.29, 1.82) is 0 Å². The molecular weight excluding hydrogens is 176 g/mol. The molecule has 1 heterocycles. The number of aliphatic hydroxyl groups is 1. The van der Waals surface area contributed by atoms with Gasteiger partial charge in [-0.15, -0.1) is 0 Å². The molecule has 2 unspecified atom stereocenters. The third-order valence-electron chi connectivity index (χ3n) is 2.62. The SMILES string of the molecule is CC(F)(F)CC1CCNCC1CO. The summed E-state index contributed by atoms with van der Waals surface area (Å²) in [5.74, 6) is -2.64. The predicted molar refractivity (Wildman–Crippen MR) is 46.8 cm³/mol. The van der Waals surface area contributed by atoms with Gasteiger partial charge in [0.25, 0.3) is 0 Å². The van der Waals surface area contributed by atoms with Crippen molar-refractivity contribution in [3.63, 3.8) is 0 Å². The molecule has 78 valence electrons. The maximum Gasteiger partial charge on any atom is 0.245 e. The first kappa shape index (κ1) is 10.9. The van der Waals surface area contributed by atoms with Crippen LogP contribution in [0.3, 0.4) is 0 Å². The Kier molecular flexibility index (Phi) is 3.62. The summed E-state index contributed by atoms with van der Waals surface area (Å²) in [5, 5.41) is 12.1. The molecule has 0 saturated carbocycles. The molecule has 0 radical (unpaired) electrons. The fourth-order valence-electron chi connectivity index (χ4n) is 1.92. The molecule has 1 rings (SSSR count). The van der Waals surface area contributed by atoms with E-state index in [0.29, 0.717) is 6.54 Å². The Morgan fingerprint density at radius 1 is 1.46 bits per heavy atom. The summed E-state index contributed by atoms with van der Waals surface area (Å²) in [4.78, 5) is 0. The smallest absolute Gasteiger partial charge is 0.245 e. The van der Waals surface area contributed by atoms with E-state index in [-0.39, 0.29) is 24.9 Å². The maximum atomic E-state index is 12.7. The molecule has 0 bridgehead atoms. The molecule has 1 aliphatic rings. The Labute approximate surface area is 77.3 Å². The average Bonchev–Trinajstić information content (AvgIpc) is 2.02. The lowest BCUT2D eigenvalue weighted by atomic mass is 9.83. The van der Waals surface area contributed by atoms with Gasteiger partial charge in [-0.1, -0.05) is 0 Å². The van der Waals surface area contributed by atoms with Crippen LogP contribution >= 0.6 is 0 Å². The lowest BCUT2D eigenvalue weighted by Gasteiger charge is -2.32. The van der Waals surface area contributed by atoms with E-state index in [9.17, 15) is 8.78 Å². The second-order valence-electron chi connectivity index (χ2n) is 3.97. The van der Waals surface area contributed by atoms with Crippen LogP contribution in [0.5, 0.6) is 0 Å². The van der Waals surface area contributed by atoms with Gasteiger partial charge in [-0.25, -0.2) is 8.78 Å². The van der Waals surface area contributed by atoms with Crippen LogP contribution in [0.4, 0.5) is 8.78 Å². The Bertz CT molecular complexity index is 158. The van der Waals surface area contributed by atoms with Crippen LogP contribution in [0.2, 0.25) is 0 Å². The Morgan fingerprint density at radius 2 is 2.15 bits per heavy atom. The van der Waals surface area contributed by atoms with Gasteiger partial charge < -0.3 is 10.4 Å². The van der Waals surface area contributed by atoms with Crippen LogP contribution in [0.1, 0.15) is 19.8 Å². The summed E-state index contributed by atoms with van der Waals surface area (Å²) in [6.45, 7) is 2.41. The minimum atomic E-state index is -2.60. The molecule has 2 nitrogen and oxygen atoms in total. The number of rotatable bonds is 3. The number of hydrogen-bond acceptors (Lipinski definition) is 2. The topological polar surface area (TPSA) is 32.3 Å². The zero-order valence-electron chi connectivity index (χ0n) is 7.89. The van der Waals surface area contributed by atoms with Crippen molar-refractivity contribution in [2.24, 2.45) is 11.8 Å². The molecular formula is C9H17F2NO. The molecule has 1 fully saturated rings. The standard InChI is InChI=1S/C9H17F2NO/c1-9(10,11)4-7-2-3-12-5-8(7)6-13/h7-8,12-13H,2-6H2,1H3. The van der Waals surface area contributed by atoms with Gasteiger partial charge in [0.05, 0.1) is 0 Å². The highest BCUT2D eigenvalue weighted by molar-refractivity contribution is 4.80. The molecule has 4 heteroatoms. The normalized spacial score (nSPS) is 30.5. The zero-order valence-corrected chi connectivity index (χ0v) is 7.89. The van der Waals surface area contributed by atoms with Crippen molar-refractivity contribution in [2.75, 3.05) is 19.7 Å². The minimum Gasteiger partial charge on any atom is -0.396 e. The van der Waals surface area contributed by atoms with Crippen molar-refractivity contribution in [3.8, 4) is 0 Å². The van der Waals surface area contributed by atoms with Crippen LogP contribution in [0.15, 0.2) is 0 Å². The van der Waals surface area contributed by atoms with E-state index in [4.69, 9.17) is 5.11 Å². The molecule has 0 aromatic rings. The first-order valence-corrected chi connectivity index (χ1v) is 4.72. The van der Waals surface area contributed by atoms with Crippen molar-refractivity contribution < 1.29 is 13.9 Å². The number of alkyl halides is 2. The summed E-state index contributed by atoms with van der Waals surface area (Å²) >= 11 is 0. The molecule has 1 saturated heterocycles. The van der Waals surface area contributed by atoms with Gasteiger partial charge in [0.1, 0.15) is 0 Å². The Morgan fingerprint density at radius 3 is 2.69 bits per heavy atom. The summed E-state index contributed by atoms with van der Waals surface area (Å²) in [7, 11) is 0. The minimum absolute atomic E-state index is 0.000394. The molecule has 2 atom stereocenters. The number of hydrogen-bond donors (Lipinski definition) is 2. The van der Waals surface area contributed by atoms with Crippen molar-refractivity contribution in [1.82, 2.24) is 5.32 Å². The van der Waals surface area contributed by atoms with E-state index in [1.165, 1.54) is 0 Å². The summed E-state index contributed by atoms with van der Waals surface area (Å²) in [5.41, 5.74) is 0. The zero-order chi connectivity index (χ0) is 9.90. The van der Waals surface area contributed by atoms with Crippen molar-refractivity contribution >= 4 is 0 Å². The van der Waals surface area contributed by atoms with Crippen LogP contribution in [-0.4, -0.2) is 30.7 Å². The van der Waals surface area contributed by atoms with Crippen molar-refractivity contribution in [3.05, 3.63) is 0 Å². The highest BCUT2D eigenvalue weighted by Crippen LogP contribution is 2.30. The van der Waals surface area contributed by atoms with E-state index in [1.54, 1.807) is 0 Å². The van der Waals surface area contributed by atoms with E-state index in [1.807, 2.05) is 0 Å². The molecule has 0 aromatic heterocycles. The van der Waals surface area contributed by atoms with Gasteiger partial charge in [0.2, 0.25) is 5.92 Å². The number of aliphatic hydroxyl groups excluding tert-OH is 1. The van der Waals surface area contributed by atoms with E-state index in [0.717, 1.165) is 19.9 Å². The fourth-order valence-corrected chi connectivity index (χ4v) is 1.92. The highest BCUT2D eigenvalue weighted by atomic mass is 19.3. The molecule has 13 heavy (non-hydrogen) atoms. The summed E-state index contributed by atoms with van der Waals surface area (Å²) in [6, 6.07) is 0. The van der Waals surface area contributed by atoms with Gasteiger partial charge in [-0.05, 0) is 31.7 Å². The van der Waals surface area contributed by atoms with Crippen LogP contribution < -0.4 is 5.32 Å². The fraction of sp³-hybridized carbons (Fsp3) is 1.00. The monoisotopic (exact) mass is 193 g/mol. The van der Waals surface area contributed by atoms with E-state index < -0.39 is 5.92 Å². The number of halogens is 2. The second-order valence-corrected chi connectivity index (χ2v) is 3.97. The molecule has 2 N–H and O–H groups in total. The van der Waals surface area contributed by atoms with Crippen LogP contribution in [0, 0.1) is 11.8 Å². The van der Waals surface area contributed by atoms with Gasteiger partial charge in [0, 0.05) is 19.6 Å². The van der Waals surface area contributed by atoms with E-state index in [2.05, 4.69) is 5.32 Å². The van der Waals surface area contributed by atoms with Gasteiger partial charge in [-0.2, -0.15) is 0 Å². The van der Waals surface area contributed by atoms with Gasteiger partial charge in [0.15, 0.2) is 0 Å². The third-order valence-corrected chi connectivity index (χ3v) is 2.62. The Hall–Kier alpha value is -0.220. The summed E-state index contributed by atoms with van der Waals surface area (Å²) < 4.78 is 25.4. The lowest BCUT2D eigenvalue weighted by molar-refractivity contribution is -0.0224. The summed E-state index contributed by atoms with van der Waals surface area (Å²) in [6.07, 6.45) is 0.647. The predicted octanol–water partition coefficient (Wildman–Crippen LogP) is 1.25. The molecule has 0 amide bonds. The van der Waals surface area contributed by atoms with E-state index >= 15 is 0 Å². The molecule has 0 aromatic carbocycles. The Balaban J connectivity index is 2.45. The lowest BCUT2D eigenvalue weighted by Crippen LogP contribution is -2.40. The van der Waals surface area contributed by atoms with Gasteiger partial charge >= 0.3 is 0 Å². The second kappa shape index (κ2) is 4.33. The number of nitrogens with one attached hydrogen (secondary N) is 1. The van der Waals surface area contributed by atoms with Crippen LogP contribution in [-0.2, 0) is 0 Å². The average molecular weight is 193 g/mol. The van der Waals surface area contributed by atoms with Crippen molar-refractivity contribution in [2.45, 2.75) is 25.7 Å². The molecule has 1 aliphatic heterocycles. The highest BCUT2D eigenvalue weighted by Gasteiger charge is 2.32. The van der Waals surface area contributed by atoms with Crippen LogP contribution in [0.25, 0.3) is 0 Å². The van der Waals surface area contributed by atoms with Gasteiger partial charge in [-0.3, -0.25) is 0 Å².